The smallest absolute Gasteiger partial charge is 0.148 e. The first-order valence-corrected chi connectivity index (χ1v) is 5.04. The Balaban J connectivity index is 2.59. The first kappa shape index (κ1) is 8.59. The predicted molar refractivity (Wildman–Crippen MR) is 56.1 cm³/mol. The Morgan fingerprint density at radius 3 is 2.77 bits per heavy atom. The number of aromatic amines is 1. The van der Waals surface area contributed by atoms with Gasteiger partial charge in [0.2, 0.25) is 0 Å². The molecule has 0 spiro atoms. The van der Waals surface area contributed by atoms with E-state index in [1.807, 2.05) is 17.7 Å². The lowest BCUT2D eigenvalue weighted by atomic mass is 10.1. The van der Waals surface area contributed by atoms with Gasteiger partial charge in [-0.1, -0.05) is 11.6 Å². The van der Waals surface area contributed by atoms with Gasteiger partial charge in [0.1, 0.15) is 5.82 Å². The van der Waals surface area contributed by atoms with Gasteiger partial charge in [-0.15, -0.1) is 0 Å². The summed E-state index contributed by atoms with van der Waals surface area (Å²) in [5, 5.41) is 11.4. The van der Waals surface area contributed by atoms with E-state index < -0.39 is 0 Å². The minimum Gasteiger partial charge on any atom is -0.382 e. The van der Waals surface area contributed by atoms with Gasteiger partial charge in [-0.2, -0.15) is 16.4 Å². The molecular weight excluding hydrogens is 206 g/mol. The van der Waals surface area contributed by atoms with E-state index in [2.05, 4.69) is 10.2 Å². The van der Waals surface area contributed by atoms with Gasteiger partial charge < -0.3 is 5.73 Å². The zero-order valence-electron chi connectivity index (χ0n) is 6.97. The summed E-state index contributed by atoms with van der Waals surface area (Å²) in [5.74, 6) is 0.525. The second kappa shape index (κ2) is 3.05. The maximum absolute atomic E-state index is 5.98. The second-order valence-corrected chi connectivity index (χ2v) is 3.89. The molecular formula is C8H8ClN3S. The summed E-state index contributed by atoms with van der Waals surface area (Å²) >= 11 is 7.54. The van der Waals surface area contributed by atoms with Crippen LogP contribution in [0.4, 0.5) is 5.82 Å². The fourth-order valence-electron chi connectivity index (χ4n) is 1.13. The fraction of sp³-hybridized carbons (Fsp3) is 0.125. The Bertz CT molecular complexity index is 432. The van der Waals surface area contributed by atoms with Gasteiger partial charge in [0.15, 0.2) is 0 Å². The van der Waals surface area contributed by atoms with Gasteiger partial charge in [0.05, 0.1) is 10.7 Å². The van der Waals surface area contributed by atoms with Gasteiger partial charge in [0.25, 0.3) is 0 Å². The number of hydrogen-bond acceptors (Lipinski definition) is 3. The van der Waals surface area contributed by atoms with E-state index in [1.165, 1.54) is 0 Å². The average Bonchev–Trinajstić information content (AvgIpc) is 2.62. The van der Waals surface area contributed by atoms with E-state index in [0.717, 1.165) is 21.8 Å². The van der Waals surface area contributed by atoms with Crippen molar-refractivity contribution in [2.45, 2.75) is 6.92 Å². The van der Waals surface area contributed by atoms with E-state index in [9.17, 15) is 0 Å². The Morgan fingerprint density at radius 2 is 2.31 bits per heavy atom. The van der Waals surface area contributed by atoms with Crippen LogP contribution >= 0.6 is 22.9 Å². The second-order valence-electron chi connectivity index (χ2n) is 2.74. The number of nitrogens with two attached hydrogens (primary N) is 1. The molecule has 13 heavy (non-hydrogen) atoms. The largest absolute Gasteiger partial charge is 0.382 e. The minimum atomic E-state index is 0.525. The highest BCUT2D eigenvalue weighted by molar-refractivity contribution is 7.09. The van der Waals surface area contributed by atoms with Crippen molar-refractivity contribution < 1.29 is 0 Å². The van der Waals surface area contributed by atoms with Crippen molar-refractivity contribution in [3.05, 3.63) is 21.3 Å². The summed E-state index contributed by atoms with van der Waals surface area (Å²) in [6, 6.07) is 0. The molecule has 0 saturated carbocycles. The molecule has 5 heteroatoms. The SMILES string of the molecule is Cc1c(N)n[nH]c1-c1cscc1Cl. The van der Waals surface area contributed by atoms with Crippen LogP contribution in [0.5, 0.6) is 0 Å². The lowest BCUT2D eigenvalue weighted by Gasteiger charge is -1.95. The van der Waals surface area contributed by atoms with Crippen LogP contribution in [0.25, 0.3) is 11.3 Å². The van der Waals surface area contributed by atoms with Crippen LogP contribution in [0.15, 0.2) is 10.8 Å². The number of nitrogen functional groups attached to an aromatic ring is 1. The molecule has 0 atom stereocenters. The van der Waals surface area contributed by atoms with Gasteiger partial charge >= 0.3 is 0 Å². The Morgan fingerprint density at radius 1 is 1.54 bits per heavy atom. The summed E-state index contributed by atoms with van der Waals surface area (Å²) < 4.78 is 0. The number of anilines is 1. The molecule has 2 rings (SSSR count). The van der Waals surface area contributed by atoms with E-state index in [0.29, 0.717) is 5.82 Å². The lowest BCUT2D eigenvalue weighted by Crippen LogP contribution is -1.86. The van der Waals surface area contributed by atoms with Crippen LogP contribution < -0.4 is 5.73 Å². The third-order valence-corrected chi connectivity index (χ3v) is 3.12. The molecule has 0 fully saturated rings. The van der Waals surface area contributed by atoms with Crippen molar-refractivity contribution in [2.75, 3.05) is 5.73 Å². The summed E-state index contributed by atoms with van der Waals surface area (Å²) in [7, 11) is 0. The summed E-state index contributed by atoms with van der Waals surface area (Å²) in [6.07, 6.45) is 0. The van der Waals surface area contributed by atoms with Crippen LogP contribution in [0.3, 0.4) is 0 Å². The van der Waals surface area contributed by atoms with E-state index in [-0.39, 0.29) is 0 Å². The molecule has 0 radical (unpaired) electrons. The molecule has 0 unspecified atom stereocenters. The average molecular weight is 214 g/mol. The van der Waals surface area contributed by atoms with Gasteiger partial charge in [-0.05, 0) is 6.92 Å². The van der Waals surface area contributed by atoms with Crippen LogP contribution in [0, 0.1) is 6.92 Å². The molecule has 0 saturated heterocycles. The number of nitrogens with zero attached hydrogens (tertiary/aromatic N) is 1. The number of aromatic nitrogens is 2. The van der Waals surface area contributed by atoms with Crippen molar-refractivity contribution in [3.63, 3.8) is 0 Å². The van der Waals surface area contributed by atoms with Crippen molar-refractivity contribution in [1.29, 1.82) is 0 Å². The molecule has 0 amide bonds. The highest BCUT2D eigenvalue weighted by Gasteiger charge is 2.11. The molecule has 2 aromatic heterocycles. The van der Waals surface area contributed by atoms with Crippen molar-refractivity contribution in [3.8, 4) is 11.3 Å². The molecule has 68 valence electrons. The number of thiophene rings is 1. The highest BCUT2D eigenvalue weighted by Crippen LogP contribution is 2.33. The minimum absolute atomic E-state index is 0.525. The lowest BCUT2D eigenvalue weighted by molar-refractivity contribution is 1.10. The van der Waals surface area contributed by atoms with E-state index in [1.54, 1.807) is 11.3 Å². The number of nitrogens with one attached hydrogen (secondary N) is 1. The number of hydrogen-bond donors (Lipinski definition) is 2. The molecule has 0 aliphatic heterocycles. The van der Waals surface area contributed by atoms with Crippen LogP contribution in [0.1, 0.15) is 5.56 Å². The zero-order chi connectivity index (χ0) is 9.42. The molecule has 2 heterocycles. The normalized spacial score (nSPS) is 10.6. The molecule has 0 aliphatic carbocycles. The zero-order valence-corrected chi connectivity index (χ0v) is 8.54. The van der Waals surface area contributed by atoms with Crippen LogP contribution in [-0.4, -0.2) is 10.2 Å². The standard InChI is InChI=1S/C8H8ClN3S/c1-4-7(11-12-8(4)10)5-2-13-3-6(5)9/h2-3H,1H3,(H3,10,11,12). The van der Waals surface area contributed by atoms with Crippen LogP contribution in [-0.2, 0) is 0 Å². The Kier molecular flexibility index (Phi) is 2.01. The Hall–Kier alpha value is -1.00. The van der Waals surface area contributed by atoms with Gasteiger partial charge in [-0.3, -0.25) is 5.10 Å². The molecule has 0 aromatic carbocycles. The number of rotatable bonds is 1. The Labute approximate surface area is 84.5 Å². The fourth-order valence-corrected chi connectivity index (χ4v) is 2.20. The number of halogens is 1. The summed E-state index contributed by atoms with van der Waals surface area (Å²) in [5.41, 5.74) is 8.43. The summed E-state index contributed by atoms with van der Waals surface area (Å²) in [6.45, 7) is 1.92. The predicted octanol–water partition coefficient (Wildman–Crippen LogP) is 2.68. The quantitative estimate of drug-likeness (QED) is 0.765. The van der Waals surface area contributed by atoms with Crippen molar-refractivity contribution in [2.24, 2.45) is 0 Å². The molecule has 0 aliphatic rings. The first-order chi connectivity index (χ1) is 6.20. The first-order valence-electron chi connectivity index (χ1n) is 3.72. The van der Waals surface area contributed by atoms with E-state index >= 15 is 0 Å². The van der Waals surface area contributed by atoms with Gasteiger partial charge in [-0.25, -0.2) is 0 Å². The van der Waals surface area contributed by atoms with Gasteiger partial charge in [0, 0.05) is 21.9 Å². The monoisotopic (exact) mass is 213 g/mol. The van der Waals surface area contributed by atoms with Crippen LogP contribution in [0.2, 0.25) is 5.02 Å². The molecule has 3 N–H and O–H groups in total. The summed E-state index contributed by atoms with van der Waals surface area (Å²) in [4.78, 5) is 0. The van der Waals surface area contributed by atoms with Crippen molar-refractivity contribution in [1.82, 2.24) is 10.2 Å². The topological polar surface area (TPSA) is 54.7 Å². The maximum atomic E-state index is 5.98. The third-order valence-electron chi connectivity index (χ3n) is 1.93. The molecule has 0 bridgehead atoms. The van der Waals surface area contributed by atoms with E-state index in [4.69, 9.17) is 17.3 Å². The highest BCUT2D eigenvalue weighted by atomic mass is 35.5. The molecule has 3 nitrogen and oxygen atoms in total. The maximum Gasteiger partial charge on any atom is 0.148 e. The number of H-pyrrole nitrogens is 1. The third kappa shape index (κ3) is 1.32. The van der Waals surface area contributed by atoms with Crippen molar-refractivity contribution >= 4 is 28.8 Å². The molecule has 2 aromatic rings.